The van der Waals surface area contributed by atoms with Gasteiger partial charge in [-0.15, -0.1) is 0 Å². The first-order valence-electron chi connectivity index (χ1n) is 7.01. The minimum absolute atomic E-state index is 0.0851. The third-order valence-electron chi connectivity index (χ3n) is 3.63. The average molecular weight is 273 g/mol. The minimum Gasteiger partial charge on any atom is -0.387 e. The Bertz CT molecular complexity index is 250. The van der Waals surface area contributed by atoms with Gasteiger partial charge in [-0.05, 0) is 25.5 Å². The summed E-state index contributed by atoms with van der Waals surface area (Å²) in [4.78, 5) is 11.7. The predicted octanol–water partition coefficient (Wildman–Crippen LogP) is 2.58. The number of hydrogen-bond donors (Lipinski definition) is 2. The van der Waals surface area contributed by atoms with Gasteiger partial charge in [0.15, 0.2) is 0 Å². The van der Waals surface area contributed by atoms with Crippen molar-refractivity contribution in [3.05, 3.63) is 0 Å². The molecule has 1 rings (SSSR count). The number of nitrogens with one attached hydrogen (secondary N) is 1. The smallest absolute Gasteiger partial charge is 0.220 e. The van der Waals surface area contributed by atoms with E-state index in [9.17, 15) is 9.90 Å². The van der Waals surface area contributed by atoms with E-state index in [1.54, 1.807) is 18.7 Å². The van der Waals surface area contributed by atoms with Crippen LogP contribution in [0.1, 0.15) is 51.9 Å². The molecule has 0 radical (unpaired) electrons. The fourth-order valence-electron chi connectivity index (χ4n) is 2.55. The van der Waals surface area contributed by atoms with E-state index in [4.69, 9.17) is 0 Å². The van der Waals surface area contributed by atoms with Gasteiger partial charge in [-0.25, -0.2) is 0 Å². The molecule has 0 saturated heterocycles. The van der Waals surface area contributed by atoms with Crippen LogP contribution in [0.3, 0.4) is 0 Å². The van der Waals surface area contributed by atoms with Gasteiger partial charge in [-0.3, -0.25) is 4.79 Å². The molecule has 1 amide bonds. The van der Waals surface area contributed by atoms with Crippen molar-refractivity contribution >= 4 is 17.7 Å². The second kappa shape index (κ2) is 8.05. The topological polar surface area (TPSA) is 49.3 Å². The predicted molar refractivity (Wildman–Crippen MR) is 77.8 cm³/mol. The molecule has 0 aliphatic heterocycles. The Labute approximate surface area is 115 Å². The molecule has 0 aromatic rings. The zero-order valence-electron chi connectivity index (χ0n) is 11.7. The number of rotatable bonds is 7. The number of hydrogen-bond acceptors (Lipinski definition) is 3. The molecule has 1 unspecified atom stereocenters. The molecular weight excluding hydrogens is 246 g/mol. The minimum atomic E-state index is -0.792. The number of aliphatic hydroxyl groups is 1. The largest absolute Gasteiger partial charge is 0.387 e. The lowest BCUT2D eigenvalue weighted by atomic mass is 9.86. The molecule has 1 fully saturated rings. The summed E-state index contributed by atoms with van der Waals surface area (Å²) in [6, 6.07) is 0. The molecule has 1 aliphatic rings. The Kier molecular flexibility index (Phi) is 7.08. The molecule has 0 heterocycles. The molecule has 0 spiro atoms. The Balaban J connectivity index is 2.13. The molecule has 0 bridgehead atoms. The van der Waals surface area contributed by atoms with Gasteiger partial charge in [-0.1, -0.05) is 32.1 Å². The van der Waals surface area contributed by atoms with Crippen LogP contribution in [0.5, 0.6) is 0 Å². The molecule has 3 nitrogen and oxygen atoms in total. The van der Waals surface area contributed by atoms with E-state index in [1.807, 2.05) is 6.26 Å². The van der Waals surface area contributed by atoms with Crippen molar-refractivity contribution in [3.63, 3.8) is 0 Å². The summed E-state index contributed by atoms with van der Waals surface area (Å²) in [5, 5.41) is 12.8. The van der Waals surface area contributed by atoms with Crippen LogP contribution in [0.25, 0.3) is 0 Å². The van der Waals surface area contributed by atoms with E-state index in [2.05, 4.69) is 5.32 Å². The fourth-order valence-corrected chi connectivity index (χ4v) is 3.27. The molecule has 1 atom stereocenters. The number of carbonyl (C=O) groups excluding carboxylic acids is 1. The SMILES string of the molecule is CSCC(C)(O)CNC(=O)CCC1CCCCC1. The summed E-state index contributed by atoms with van der Waals surface area (Å²) in [6.07, 6.45) is 10.2. The second-order valence-electron chi connectivity index (χ2n) is 5.75. The Hall–Kier alpha value is -0.220. The molecule has 4 heteroatoms. The third-order valence-corrected chi connectivity index (χ3v) is 4.54. The van der Waals surface area contributed by atoms with Crippen LogP contribution in [-0.4, -0.2) is 35.2 Å². The van der Waals surface area contributed by atoms with Crippen molar-refractivity contribution in [2.75, 3.05) is 18.6 Å². The van der Waals surface area contributed by atoms with Crippen LogP contribution in [-0.2, 0) is 4.79 Å². The molecule has 0 aromatic carbocycles. The van der Waals surface area contributed by atoms with Crippen LogP contribution in [0, 0.1) is 5.92 Å². The summed E-state index contributed by atoms with van der Waals surface area (Å²) in [5.41, 5.74) is -0.792. The van der Waals surface area contributed by atoms with Gasteiger partial charge >= 0.3 is 0 Å². The lowest BCUT2D eigenvalue weighted by Gasteiger charge is -2.23. The number of carbonyl (C=O) groups is 1. The van der Waals surface area contributed by atoms with Crippen molar-refractivity contribution in [1.82, 2.24) is 5.32 Å². The maximum atomic E-state index is 11.7. The van der Waals surface area contributed by atoms with Crippen molar-refractivity contribution in [2.45, 2.75) is 57.5 Å². The normalized spacial score (nSPS) is 20.4. The van der Waals surface area contributed by atoms with Crippen LogP contribution >= 0.6 is 11.8 Å². The van der Waals surface area contributed by atoms with Crippen molar-refractivity contribution in [1.29, 1.82) is 0 Å². The second-order valence-corrected chi connectivity index (χ2v) is 6.62. The molecule has 106 valence electrons. The molecule has 1 aliphatic carbocycles. The zero-order valence-corrected chi connectivity index (χ0v) is 12.5. The van der Waals surface area contributed by atoms with Crippen LogP contribution in [0.15, 0.2) is 0 Å². The quantitative estimate of drug-likeness (QED) is 0.749. The highest BCUT2D eigenvalue weighted by molar-refractivity contribution is 7.98. The first kappa shape index (κ1) is 15.8. The summed E-state index contributed by atoms with van der Waals surface area (Å²) < 4.78 is 0. The van der Waals surface area contributed by atoms with Gasteiger partial charge in [-0.2, -0.15) is 11.8 Å². The Morgan fingerprint density at radius 2 is 2.06 bits per heavy atom. The third kappa shape index (κ3) is 6.64. The summed E-state index contributed by atoms with van der Waals surface area (Å²) in [6.45, 7) is 2.13. The maximum Gasteiger partial charge on any atom is 0.220 e. The highest BCUT2D eigenvalue weighted by atomic mass is 32.2. The maximum absolute atomic E-state index is 11.7. The molecule has 2 N–H and O–H groups in total. The Morgan fingerprint density at radius 1 is 1.39 bits per heavy atom. The highest BCUT2D eigenvalue weighted by Crippen LogP contribution is 2.27. The molecule has 1 saturated carbocycles. The van der Waals surface area contributed by atoms with Gasteiger partial charge in [0.2, 0.25) is 5.91 Å². The van der Waals surface area contributed by atoms with E-state index >= 15 is 0 Å². The van der Waals surface area contributed by atoms with Gasteiger partial charge in [0, 0.05) is 18.7 Å². The number of thioether (sulfide) groups is 1. The van der Waals surface area contributed by atoms with Gasteiger partial charge in [0.1, 0.15) is 0 Å². The standard InChI is InChI=1S/C14H27NO2S/c1-14(17,11-18-2)10-15-13(16)9-8-12-6-4-3-5-7-12/h12,17H,3-11H2,1-2H3,(H,15,16). The zero-order chi connectivity index (χ0) is 13.4. The molecular formula is C14H27NO2S. The van der Waals surface area contributed by atoms with Crippen LogP contribution in [0.2, 0.25) is 0 Å². The summed E-state index contributed by atoms with van der Waals surface area (Å²) >= 11 is 1.60. The molecule has 0 aromatic heterocycles. The first-order chi connectivity index (χ1) is 8.53. The monoisotopic (exact) mass is 273 g/mol. The van der Waals surface area contributed by atoms with Crippen molar-refractivity contribution < 1.29 is 9.90 Å². The van der Waals surface area contributed by atoms with Crippen LogP contribution < -0.4 is 5.32 Å². The Morgan fingerprint density at radius 3 is 2.67 bits per heavy atom. The van der Waals surface area contributed by atoms with Gasteiger partial charge < -0.3 is 10.4 Å². The number of amides is 1. The summed E-state index contributed by atoms with van der Waals surface area (Å²) in [7, 11) is 0. The fraction of sp³-hybridized carbons (Fsp3) is 0.929. The van der Waals surface area contributed by atoms with Gasteiger partial charge in [0.25, 0.3) is 0 Å². The van der Waals surface area contributed by atoms with E-state index < -0.39 is 5.60 Å². The highest BCUT2D eigenvalue weighted by Gasteiger charge is 2.21. The first-order valence-corrected chi connectivity index (χ1v) is 8.41. The van der Waals surface area contributed by atoms with E-state index in [0.717, 1.165) is 12.3 Å². The van der Waals surface area contributed by atoms with E-state index in [-0.39, 0.29) is 5.91 Å². The van der Waals surface area contributed by atoms with Crippen LogP contribution in [0.4, 0.5) is 0 Å². The lowest BCUT2D eigenvalue weighted by Crippen LogP contribution is -2.42. The van der Waals surface area contributed by atoms with E-state index in [1.165, 1.54) is 32.1 Å². The average Bonchev–Trinajstić information content (AvgIpc) is 2.35. The molecule has 18 heavy (non-hydrogen) atoms. The van der Waals surface area contributed by atoms with E-state index in [0.29, 0.717) is 18.7 Å². The van der Waals surface area contributed by atoms with Crippen molar-refractivity contribution in [3.8, 4) is 0 Å². The summed E-state index contributed by atoms with van der Waals surface area (Å²) in [5.74, 6) is 1.48. The van der Waals surface area contributed by atoms with Crippen molar-refractivity contribution in [2.24, 2.45) is 5.92 Å². The lowest BCUT2D eigenvalue weighted by molar-refractivity contribution is -0.122. The van der Waals surface area contributed by atoms with Gasteiger partial charge in [0.05, 0.1) is 5.60 Å².